The third kappa shape index (κ3) is 3.56. The highest BCUT2D eigenvalue weighted by molar-refractivity contribution is 5.77. The summed E-state index contributed by atoms with van der Waals surface area (Å²) in [5, 5.41) is 13.4. The van der Waals surface area contributed by atoms with Gasteiger partial charge >= 0.3 is 0 Å². The van der Waals surface area contributed by atoms with Crippen LogP contribution in [0.3, 0.4) is 0 Å². The normalized spacial score (nSPS) is 23.8. The van der Waals surface area contributed by atoms with E-state index in [0.717, 1.165) is 49.8 Å². The highest BCUT2D eigenvalue weighted by Gasteiger charge is 2.32. The molecule has 1 atom stereocenters. The summed E-state index contributed by atoms with van der Waals surface area (Å²) in [4.78, 5) is 12.2. The molecular formula is C17H23NO3. The van der Waals surface area contributed by atoms with Crippen molar-refractivity contribution in [1.82, 2.24) is 5.32 Å². The van der Waals surface area contributed by atoms with Gasteiger partial charge in [0.15, 0.2) is 0 Å². The molecule has 21 heavy (non-hydrogen) atoms. The van der Waals surface area contributed by atoms with Crippen molar-refractivity contribution < 1.29 is 14.6 Å². The van der Waals surface area contributed by atoms with Crippen molar-refractivity contribution in [3.8, 4) is 5.75 Å². The zero-order valence-corrected chi connectivity index (χ0v) is 12.3. The van der Waals surface area contributed by atoms with Gasteiger partial charge in [-0.25, -0.2) is 0 Å². The zero-order valence-electron chi connectivity index (χ0n) is 12.3. The van der Waals surface area contributed by atoms with Gasteiger partial charge < -0.3 is 15.2 Å². The lowest BCUT2D eigenvalue weighted by Crippen LogP contribution is -2.46. The quantitative estimate of drug-likeness (QED) is 0.897. The molecule has 4 heteroatoms. The Morgan fingerprint density at radius 1 is 1.29 bits per heavy atom. The number of carbonyl (C=O) groups excluding carboxylic acids is 1. The van der Waals surface area contributed by atoms with Crippen LogP contribution in [0.2, 0.25) is 0 Å². The van der Waals surface area contributed by atoms with Gasteiger partial charge in [0.05, 0.1) is 18.1 Å². The molecule has 3 rings (SSSR count). The average Bonchev–Trinajstić information content (AvgIpc) is 2.47. The van der Waals surface area contributed by atoms with Crippen LogP contribution in [0.1, 0.15) is 44.1 Å². The highest BCUT2D eigenvalue weighted by Crippen LogP contribution is 2.31. The molecule has 1 aliphatic heterocycles. The van der Waals surface area contributed by atoms with Gasteiger partial charge in [0, 0.05) is 0 Å². The molecule has 1 aromatic carbocycles. The predicted octanol–water partition coefficient (Wildman–Crippen LogP) is 2.19. The van der Waals surface area contributed by atoms with Crippen molar-refractivity contribution in [2.75, 3.05) is 6.61 Å². The first-order valence-electron chi connectivity index (χ1n) is 7.87. The van der Waals surface area contributed by atoms with Crippen LogP contribution in [0.5, 0.6) is 5.75 Å². The maximum Gasteiger partial charge on any atom is 0.223 e. The summed E-state index contributed by atoms with van der Waals surface area (Å²) in [7, 11) is 0. The molecule has 4 nitrogen and oxygen atoms in total. The van der Waals surface area contributed by atoms with Gasteiger partial charge in [-0.1, -0.05) is 37.5 Å². The summed E-state index contributed by atoms with van der Waals surface area (Å²) in [5.74, 6) is 0.848. The fourth-order valence-corrected chi connectivity index (χ4v) is 3.38. The van der Waals surface area contributed by atoms with Crippen molar-refractivity contribution in [2.45, 2.75) is 56.6 Å². The summed E-state index contributed by atoms with van der Waals surface area (Å²) in [6, 6.07) is 7.92. The number of carbonyl (C=O) groups is 1. The lowest BCUT2D eigenvalue weighted by molar-refractivity contribution is -0.128. The number of amides is 1. The summed E-state index contributed by atoms with van der Waals surface area (Å²) < 4.78 is 5.67. The minimum Gasteiger partial charge on any atom is -0.491 e. The van der Waals surface area contributed by atoms with E-state index in [4.69, 9.17) is 4.74 Å². The zero-order chi connectivity index (χ0) is 14.7. The van der Waals surface area contributed by atoms with Gasteiger partial charge in [-0.05, 0) is 30.9 Å². The Balaban J connectivity index is 1.54. The Morgan fingerprint density at radius 3 is 2.86 bits per heavy atom. The number of para-hydroxylation sites is 1. The number of fused-ring (bicyclic) bond motifs is 1. The average molecular weight is 289 g/mol. The van der Waals surface area contributed by atoms with Crippen molar-refractivity contribution in [2.24, 2.45) is 0 Å². The molecule has 0 radical (unpaired) electrons. The van der Waals surface area contributed by atoms with Crippen molar-refractivity contribution in [1.29, 1.82) is 0 Å². The first-order chi connectivity index (χ1) is 10.1. The van der Waals surface area contributed by atoms with Gasteiger partial charge in [0.25, 0.3) is 0 Å². The fourth-order valence-electron chi connectivity index (χ4n) is 3.38. The molecule has 1 unspecified atom stereocenters. The third-order valence-electron chi connectivity index (χ3n) is 4.52. The topological polar surface area (TPSA) is 58.6 Å². The monoisotopic (exact) mass is 289 g/mol. The summed E-state index contributed by atoms with van der Waals surface area (Å²) >= 11 is 0. The summed E-state index contributed by atoms with van der Waals surface area (Å²) in [6.45, 7) is 0.501. The molecule has 1 amide bonds. The van der Waals surface area contributed by atoms with Crippen LogP contribution in [0.4, 0.5) is 0 Å². The molecule has 114 valence electrons. The minimum atomic E-state index is -0.796. The van der Waals surface area contributed by atoms with Crippen molar-refractivity contribution in [3.63, 3.8) is 0 Å². The lowest BCUT2D eigenvalue weighted by atomic mass is 9.82. The Labute approximate surface area is 125 Å². The number of rotatable bonds is 3. The van der Waals surface area contributed by atoms with E-state index >= 15 is 0 Å². The van der Waals surface area contributed by atoms with E-state index in [9.17, 15) is 9.90 Å². The molecular weight excluding hydrogens is 266 g/mol. The van der Waals surface area contributed by atoms with Gasteiger partial charge in [0.1, 0.15) is 12.4 Å². The minimum absolute atomic E-state index is 0.000379. The van der Waals surface area contributed by atoms with E-state index in [1.807, 2.05) is 24.3 Å². The van der Waals surface area contributed by atoms with E-state index in [0.29, 0.717) is 6.61 Å². The van der Waals surface area contributed by atoms with Crippen LogP contribution >= 0.6 is 0 Å². The van der Waals surface area contributed by atoms with Gasteiger partial charge in [-0.2, -0.15) is 0 Å². The Kier molecular flexibility index (Phi) is 4.15. The molecule has 0 aromatic heterocycles. The largest absolute Gasteiger partial charge is 0.491 e. The smallest absolute Gasteiger partial charge is 0.223 e. The first-order valence-corrected chi connectivity index (χ1v) is 7.87. The molecule has 1 aliphatic carbocycles. The number of benzene rings is 1. The maximum absolute atomic E-state index is 12.2. The Hall–Kier alpha value is -1.55. The van der Waals surface area contributed by atoms with Gasteiger partial charge in [0.2, 0.25) is 5.91 Å². The predicted molar refractivity (Wildman–Crippen MR) is 80.2 cm³/mol. The van der Waals surface area contributed by atoms with Gasteiger partial charge in [-0.15, -0.1) is 0 Å². The fraction of sp³-hybridized carbons (Fsp3) is 0.588. The van der Waals surface area contributed by atoms with Crippen LogP contribution in [-0.4, -0.2) is 29.3 Å². The second-order valence-electron chi connectivity index (χ2n) is 6.35. The van der Waals surface area contributed by atoms with E-state index in [1.54, 1.807) is 0 Å². The number of ether oxygens (including phenoxy) is 1. The van der Waals surface area contributed by atoms with E-state index in [1.165, 1.54) is 0 Å². The molecule has 1 aromatic rings. The second-order valence-corrected chi connectivity index (χ2v) is 6.35. The Morgan fingerprint density at radius 2 is 2.05 bits per heavy atom. The highest BCUT2D eigenvalue weighted by atomic mass is 16.5. The van der Waals surface area contributed by atoms with E-state index in [2.05, 4.69) is 5.32 Å². The van der Waals surface area contributed by atoms with Crippen LogP contribution in [0.25, 0.3) is 0 Å². The van der Waals surface area contributed by atoms with E-state index in [-0.39, 0.29) is 18.4 Å². The number of hydrogen-bond donors (Lipinski definition) is 2. The van der Waals surface area contributed by atoms with Crippen LogP contribution < -0.4 is 10.1 Å². The molecule has 2 N–H and O–H groups in total. The molecule has 0 saturated heterocycles. The summed E-state index contributed by atoms with van der Waals surface area (Å²) in [5.41, 5.74) is 0.334. The van der Waals surface area contributed by atoms with Gasteiger partial charge in [-0.3, -0.25) is 4.79 Å². The molecule has 1 saturated carbocycles. The molecule has 0 spiro atoms. The molecule has 1 fully saturated rings. The van der Waals surface area contributed by atoms with Crippen LogP contribution in [-0.2, 0) is 11.2 Å². The van der Waals surface area contributed by atoms with Crippen LogP contribution in [0, 0.1) is 0 Å². The molecule has 2 aliphatic rings. The second kappa shape index (κ2) is 6.06. The van der Waals surface area contributed by atoms with Crippen LogP contribution in [0.15, 0.2) is 24.3 Å². The number of aliphatic hydroxyl groups is 1. The first kappa shape index (κ1) is 14.4. The van der Waals surface area contributed by atoms with Crippen molar-refractivity contribution >= 4 is 5.91 Å². The SMILES string of the molecule is O=C(CC1(O)CCCCC1)NC1COc2ccccc2C1. The molecule has 1 heterocycles. The molecule has 0 bridgehead atoms. The van der Waals surface area contributed by atoms with E-state index < -0.39 is 5.60 Å². The maximum atomic E-state index is 12.2. The third-order valence-corrected chi connectivity index (χ3v) is 4.52. The lowest BCUT2D eigenvalue weighted by Gasteiger charge is -2.32. The number of hydrogen-bond acceptors (Lipinski definition) is 3. The Bertz CT molecular complexity index is 509. The standard InChI is InChI=1S/C17H23NO3/c19-16(11-17(20)8-4-1-5-9-17)18-14-10-13-6-2-3-7-15(13)21-12-14/h2-3,6-7,14,20H,1,4-5,8-12H2,(H,18,19). The number of nitrogens with one attached hydrogen (secondary N) is 1. The van der Waals surface area contributed by atoms with Crippen molar-refractivity contribution in [3.05, 3.63) is 29.8 Å². The summed E-state index contributed by atoms with van der Waals surface area (Å²) in [6.07, 6.45) is 5.69.